The number of carboxylic acid groups (broad SMARTS) is 1. The number of rotatable bonds is 2. The molecule has 1 saturated heterocycles. The van der Waals surface area contributed by atoms with Gasteiger partial charge in [-0.05, 0) is 24.3 Å². The molecule has 6 nitrogen and oxygen atoms in total. The van der Waals surface area contributed by atoms with Crippen molar-refractivity contribution in [3.63, 3.8) is 0 Å². The molecule has 1 heterocycles. The first-order valence-corrected chi connectivity index (χ1v) is 6.17. The summed E-state index contributed by atoms with van der Waals surface area (Å²) in [5, 5.41) is 11.5. The summed E-state index contributed by atoms with van der Waals surface area (Å²) in [4.78, 5) is 26.1. The molecule has 1 fully saturated rings. The molecule has 0 atom stereocenters. The van der Waals surface area contributed by atoms with Crippen LogP contribution in [0.15, 0.2) is 24.3 Å². The fraction of sp³-hybridized carbons (Fsp3) is 0.385. The number of carboxylic acids is 1. The number of aromatic carboxylic acids is 1. The van der Waals surface area contributed by atoms with Gasteiger partial charge in [-0.15, -0.1) is 0 Å². The number of carbonyl (C=O) groups is 2. The molecule has 2 N–H and O–H groups in total. The Kier molecular flexibility index (Phi) is 3.89. The molecule has 102 valence electrons. The first-order chi connectivity index (χ1) is 9.11. The molecule has 0 saturated carbocycles. The van der Waals surface area contributed by atoms with E-state index in [4.69, 9.17) is 5.11 Å². The fourth-order valence-electron chi connectivity index (χ4n) is 2.14. The predicted molar refractivity (Wildman–Crippen MR) is 71.6 cm³/mol. The maximum absolute atomic E-state index is 11.5. The van der Waals surface area contributed by atoms with E-state index >= 15 is 0 Å². The fourth-order valence-corrected chi connectivity index (χ4v) is 2.14. The summed E-state index contributed by atoms with van der Waals surface area (Å²) < 4.78 is 0. The molecule has 2 rings (SSSR count). The van der Waals surface area contributed by atoms with Crippen LogP contribution in [0.1, 0.15) is 10.4 Å². The number of urea groups is 1. The zero-order valence-corrected chi connectivity index (χ0v) is 10.8. The Balaban J connectivity index is 1.97. The van der Waals surface area contributed by atoms with Crippen molar-refractivity contribution >= 4 is 17.7 Å². The van der Waals surface area contributed by atoms with Crippen molar-refractivity contribution in [3.8, 4) is 0 Å². The average molecular weight is 263 g/mol. The van der Waals surface area contributed by atoms with Gasteiger partial charge in [0, 0.05) is 38.9 Å². The van der Waals surface area contributed by atoms with Crippen molar-refractivity contribution in [2.45, 2.75) is 0 Å². The Hall–Kier alpha value is -2.24. The van der Waals surface area contributed by atoms with Crippen molar-refractivity contribution in [2.24, 2.45) is 0 Å². The highest BCUT2D eigenvalue weighted by Gasteiger charge is 2.20. The van der Waals surface area contributed by atoms with Crippen LogP contribution in [-0.2, 0) is 0 Å². The van der Waals surface area contributed by atoms with E-state index in [0.29, 0.717) is 13.1 Å². The summed E-state index contributed by atoms with van der Waals surface area (Å²) in [6.45, 7) is 2.83. The minimum atomic E-state index is -0.920. The molecule has 0 radical (unpaired) electrons. The monoisotopic (exact) mass is 263 g/mol. The molecule has 0 aromatic heterocycles. The van der Waals surface area contributed by atoms with Crippen molar-refractivity contribution in [3.05, 3.63) is 29.8 Å². The number of carbonyl (C=O) groups excluding carboxylic acids is 1. The molecule has 0 aliphatic carbocycles. The topological polar surface area (TPSA) is 72.9 Å². The van der Waals surface area contributed by atoms with Crippen molar-refractivity contribution in [2.75, 3.05) is 38.1 Å². The van der Waals surface area contributed by atoms with Crippen LogP contribution in [0.2, 0.25) is 0 Å². The lowest BCUT2D eigenvalue weighted by Gasteiger charge is -2.35. The normalized spacial score (nSPS) is 15.2. The van der Waals surface area contributed by atoms with Crippen molar-refractivity contribution < 1.29 is 14.7 Å². The predicted octanol–water partition coefficient (Wildman–Crippen LogP) is 0.846. The SMILES string of the molecule is CNC(=O)N1CCN(c2ccc(C(=O)O)cc2)CC1. The van der Waals surface area contributed by atoms with Crippen LogP contribution in [0.3, 0.4) is 0 Å². The summed E-state index contributed by atoms with van der Waals surface area (Å²) >= 11 is 0. The van der Waals surface area contributed by atoms with Crippen LogP contribution in [-0.4, -0.2) is 55.2 Å². The van der Waals surface area contributed by atoms with Crippen LogP contribution < -0.4 is 10.2 Å². The Morgan fingerprint density at radius 1 is 1.11 bits per heavy atom. The maximum Gasteiger partial charge on any atom is 0.335 e. The maximum atomic E-state index is 11.5. The second-order valence-electron chi connectivity index (χ2n) is 4.38. The van der Waals surface area contributed by atoms with Crippen molar-refractivity contribution in [1.82, 2.24) is 10.2 Å². The molecule has 6 heteroatoms. The number of amides is 2. The van der Waals surface area contributed by atoms with Gasteiger partial charge in [-0.3, -0.25) is 0 Å². The molecule has 1 aliphatic rings. The lowest BCUT2D eigenvalue weighted by Crippen LogP contribution is -2.51. The molecule has 1 aromatic rings. The van der Waals surface area contributed by atoms with E-state index in [2.05, 4.69) is 10.2 Å². The molecular weight excluding hydrogens is 246 g/mol. The smallest absolute Gasteiger partial charge is 0.335 e. The van der Waals surface area contributed by atoms with Gasteiger partial charge in [-0.1, -0.05) is 0 Å². The zero-order chi connectivity index (χ0) is 13.8. The third-order valence-corrected chi connectivity index (χ3v) is 3.26. The van der Waals surface area contributed by atoms with E-state index in [9.17, 15) is 9.59 Å². The highest BCUT2D eigenvalue weighted by atomic mass is 16.4. The van der Waals surface area contributed by atoms with E-state index in [1.807, 2.05) is 0 Å². The van der Waals surface area contributed by atoms with E-state index in [-0.39, 0.29) is 11.6 Å². The lowest BCUT2D eigenvalue weighted by molar-refractivity contribution is 0.0697. The average Bonchev–Trinajstić information content (AvgIpc) is 2.46. The standard InChI is InChI=1S/C13H17N3O3/c1-14-13(19)16-8-6-15(7-9-16)11-4-2-10(3-5-11)12(17)18/h2-5H,6-9H2,1H3,(H,14,19)(H,17,18). The number of nitrogens with zero attached hydrogens (tertiary/aromatic N) is 2. The Morgan fingerprint density at radius 2 is 1.68 bits per heavy atom. The number of hydrogen-bond donors (Lipinski definition) is 2. The van der Waals surface area contributed by atoms with E-state index in [0.717, 1.165) is 18.8 Å². The zero-order valence-electron chi connectivity index (χ0n) is 10.8. The molecule has 19 heavy (non-hydrogen) atoms. The second-order valence-corrected chi connectivity index (χ2v) is 4.38. The molecule has 0 bridgehead atoms. The van der Waals surface area contributed by atoms with Crippen LogP contribution in [0.25, 0.3) is 0 Å². The lowest BCUT2D eigenvalue weighted by atomic mass is 10.2. The summed E-state index contributed by atoms with van der Waals surface area (Å²) in [7, 11) is 1.62. The highest BCUT2D eigenvalue weighted by molar-refractivity contribution is 5.88. The number of hydrogen-bond acceptors (Lipinski definition) is 3. The molecular formula is C13H17N3O3. The number of benzene rings is 1. The van der Waals surface area contributed by atoms with Gasteiger partial charge >= 0.3 is 12.0 Å². The summed E-state index contributed by atoms with van der Waals surface area (Å²) in [6, 6.07) is 6.75. The largest absolute Gasteiger partial charge is 0.478 e. The van der Waals surface area contributed by atoms with E-state index in [1.165, 1.54) is 0 Å². The van der Waals surface area contributed by atoms with E-state index < -0.39 is 5.97 Å². The summed E-state index contributed by atoms with van der Waals surface area (Å²) in [5.74, 6) is -0.920. The molecule has 2 amide bonds. The molecule has 0 spiro atoms. The van der Waals surface area contributed by atoms with Gasteiger partial charge in [0.25, 0.3) is 0 Å². The first-order valence-electron chi connectivity index (χ1n) is 6.17. The molecule has 1 aliphatic heterocycles. The summed E-state index contributed by atoms with van der Waals surface area (Å²) in [5.41, 5.74) is 1.27. The Bertz CT molecular complexity index is 465. The van der Waals surface area contributed by atoms with Gasteiger partial charge in [0.1, 0.15) is 0 Å². The molecule has 1 aromatic carbocycles. The van der Waals surface area contributed by atoms with Gasteiger partial charge in [0.05, 0.1) is 5.56 Å². The molecule has 0 unspecified atom stereocenters. The highest BCUT2D eigenvalue weighted by Crippen LogP contribution is 2.17. The van der Waals surface area contributed by atoms with Gasteiger partial charge in [-0.2, -0.15) is 0 Å². The summed E-state index contributed by atoms with van der Waals surface area (Å²) in [6.07, 6.45) is 0. The first kappa shape index (κ1) is 13.2. The number of nitrogens with one attached hydrogen (secondary N) is 1. The minimum absolute atomic E-state index is 0.0547. The Labute approximate surface area is 111 Å². The number of anilines is 1. The second kappa shape index (κ2) is 5.60. The van der Waals surface area contributed by atoms with Gasteiger partial charge in [0.15, 0.2) is 0 Å². The quantitative estimate of drug-likeness (QED) is 0.829. The van der Waals surface area contributed by atoms with Gasteiger partial charge < -0.3 is 20.2 Å². The van der Waals surface area contributed by atoms with Crippen LogP contribution >= 0.6 is 0 Å². The van der Waals surface area contributed by atoms with E-state index in [1.54, 1.807) is 36.2 Å². The van der Waals surface area contributed by atoms with Gasteiger partial charge in [-0.25, -0.2) is 9.59 Å². The Morgan fingerprint density at radius 3 is 2.16 bits per heavy atom. The van der Waals surface area contributed by atoms with Gasteiger partial charge in [0.2, 0.25) is 0 Å². The van der Waals surface area contributed by atoms with Crippen LogP contribution in [0, 0.1) is 0 Å². The minimum Gasteiger partial charge on any atom is -0.478 e. The van der Waals surface area contributed by atoms with Crippen molar-refractivity contribution in [1.29, 1.82) is 0 Å². The third kappa shape index (κ3) is 2.96. The van der Waals surface area contributed by atoms with Crippen LogP contribution in [0.4, 0.5) is 10.5 Å². The number of piperazine rings is 1. The van der Waals surface area contributed by atoms with Crippen LogP contribution in [0.5, 0.6) is 0 Å². The third-order valence-electron chi connectivity index (χ3n) is 3.26.